The minimum atomic E-state index is 0.657. The highest BCUT2D eigenvalue weighted by atomic mass is 35.5. The smallest absolute Gasteiger partial charge is 0.0403 e. The summed E-state index contributed by atoms with van der Waals surface area (Å²) < 4.78 is 0. The quantitative estimate of drug-likeness (QED) is 0.449. The molecule has 0 amide bonds. The van der Waals surface area contributed by atoms with Gasteiger partial charge in [0.1, 0.15) is 0 Å². The van der Waals surface area contributed by atoms with Crippen molar-refractivity contribution in [1.29, 1.82) is 0 Å². The summed E-state index contributed by atoms with van der Waals surface area (Å²) in [4.78, 5) is 3.39. The van der Waals surface area contributed by atoms with E-state index in [1.807, 2.05) is 0 Å². The third-order valence-electron chi connectivity index (χ3n) is 0.269. The lowest BCUT2D eigenvalue weighted by Crippen LogP contribution is -1.49. The summed E-state index contributed by atoms with van der Waals surface area (Å²) in [6.07, 6.45) is 1.49. The number of rotatable bonds is 1. The van der Waals surface area contributed by atoms with Gasteiger partial charge in [-0.3, -0.25) is 4.99 Å². The molecule has 0 aromatic rings. The molecule has 0 aliphatic carbocycles. The van der Waals surface area contributed by atoms with E-state index in [0.717, 1.165) is 0 Å². The van der Waals surface area contributed by atoms with Crippen LogP contribution in [-0.2, 0) is 0 Å². The molecule has 0 atom stereocenters. The first kappa shape index (κ1) is 5.70. The van der Waals surface area contributed by atoms with Crippen LogP contribution in [0.3, 0.4) is 0 Å². The van der Waals surface area contributed by atoms with Gasteiger partial charge in [-0.05, 0) is 13.6 Å². The highest BCUT2D eigenvalue weighted by molar-refractivity contribution is 6.29. The molecule has 0 unspecified atom stereocenters. The van der Waals surface area contributed by atoms with E-state index in [4.69, 9.17) is 11.6 Å². The van der Waals surface area contributed by atoms with Crippen molar-refractivity contribution in [3.8, 4) is 0 Å². The summed E-state index contributed by atoms with van der Waals surface area (Å²) >= 11 is 5.31. The van der Waals surface area contributed by atoms with Crippen molar-refractivity contribution in [1.82, 2.24) is 0 Å². The molecule has 0 N–H and O–H groups in total. The fraction of sp³-hybridized carbons (Fsp3) is 0.250. The first-order valence-corrected chi connectivity index (χ1v) is 1.93. The Bertz CT molecular complexity index is 71.6. The average molecular weight is 104 g/mol. The zero-order chi connectivity index (χ0) is 4.99. The topological polar surface area (TPSA) is 12.4 Å². The summed E-state index contributed by atoms with van der Waals surface area (Å²) in [6, 6.07) is 0. The number of halogens is 1. The van der Waals surface area contributed by atoms with E-state index in [-0.39, 0.29) is 0 Å². The van der Waals surface area contributed by atoms with E-state index in [1.165, 1.54) is 6.20 Å². The molecule has 34 valence electrons. The monoisotopic (exact) mass is 103 g/mol. The highest BCUT2D eigenvalue weighted by Gasteiger charge is 1.68. The molecule has 0 rings (SSSR count). The number of nitrogens with zero attached hydrogens (tertiary/aromatic N) is 1. The number of aliphatic imine (C=N–C) groups is 1. The Hall–Kier alpha value is -0.300. The minimum absolute atomic E-state index is 0.657. The first-order chi connectivity index (χ1) is 2.77. The van der Waals surface area contributed by atoms with E-state index in [2.05, 4.69) is 11.7 Å². The standard InChI is InChI=1S/C4H6ClN/c1-4(5)3-6-2/h3H,2H2,1H3. The van der Waals surface area contributed by atoms with Gasteiger partial charge in [0.15, 0.2) is 0 Å². The Labute approximate surface area is 42.3 Å². The molecule has 0 aromatic heterocycles. The number of hydrogen-bond donors (Lipinski definition) is 0. The van der Waals surface area contributed by atoms with Crippen LogP contribution in [0.25, 0.3) is 0 Å². The molecule has 0 aliphatic heterocycles. The molecule has 0 saturated carbocycles. The minimum Gasteiger partial charge on any atom is -0.271 e. The Morgan fingerprint density at radius 2 is 2.50 bits per heavy atom. The van der Waals surface area contributed by atoms with Crippen LogP contribution in [0.2, 0.25) is 0 Å². The molecular formula is C4H6ClN. The number of hydrogen-bond acceptors (Lipinski definition) is 1. The molecule has 0 aliphatic rings. The van der Waals surface area contributed by atoms with Crippen LogP contribution in [0.1, 0.15) is 6.92 Å². The molecule has 0 radical (unpaired) electrons. The molecule has 0 spiro atoms. The molecule has 1 nitrogen and oxygen atoms in total. The zero-order valence-corrected chi connectivity index (χ0v) is 4.37. The van der Waals surface area contributed by atoms with Crippen molar-refractivity contribution in [2.45, 2.75) is 6.92 Å². The first-order valence-electron chi connectivity index (χ1n) is 1.55. The van der Waals surface area contributed by atoms with E-state index in [9.17, 15) is 0 Å². The zero-order valence-electron chi connectivity index (χ0n) is 3.61. The second-order valence-corrected chi connectivity index (χ2v) is 1.49. The Balaban J connectivity index is 3.41. The van der Waals surface area contributed by atoms with Gasteiger partial charge in [-0.2, -0.15) is 0 Å². The molecule has 0 saturated heterocycles. The molecule has 2 heteroatoms. The summed E-state index contributed by atoms with van der Waals surface area (Å²) in [7, 11) is 0. The third kappa shape index (κ3) is 3.70. The summed E-state index contributed by atoms with van der Waals surface area (Å²) in [5, 5.41) is 0.657. The Morgan fingerprint density at radius 1 is 2.00 bits per heavy atom. The van der Waals surface area contributed by atoms with Gasteiger partial charge in [-0.15, -0.1) is 0 Å². The van der Waals surface area contributed by atoms with Gasteiger partial charge in [0, 0.05) is 11.2 Å². The lowest BCUT2D eigenvalue weighted by molar-refractivity contribution is 1.52. The molecule has 0 heterocycles. The summed E-state index contributed by atoms with van der Waals surface area (Å²) in [5.41, 5.74) is 0. The largest absolute Gasteiger partial charge is 0.271 e. The third-order valence-corrected chi connectivity index (χ3v) is 0.367. The van der Waals surface area contributed by atoms with Gasteiger partial charge in [0.2, 0.25) is 0 Å². The van der Waals surface area contributed by atoms with E-state index in [0.29, 0.717) is 5.03 Å². The summed E-state index contributed by atoms with van der Waals surface area (Å²) in [5.74, 6) is 0. The van der Waals surface area contributed by atoms with E-state index >= 15 is 0 Å². The van der Waals surface area contributed by atoms with Gasteiger partial charge in [0.05, 0.1) is 0 Å². The molecule has 6 heavy (non-hydrogen) atoms. The molecular weight excluding hydrogens is 97.5 g/mol. The second-order valence-electron chi connectivity index (χ2n) is 0.898. The summed E-state index contributed by atoms with van der Waals surface area (Å²) in [6.45, 7) is 4.94. The van der Waals surface area contributed by atoms with Crippen molar-refractivity contribution in [3.05, 3.63) is 11.2 Å². The highest BCUT2D eigenvalue weighted by Crippen LogP contribution is 1.95. The van der Waals surface area contributed by atoms with Crippen molar-refractivity contribution in [2.24, 2.45) is 4.99 Å². The van der Waals surface area contributed by atoms with Crippen LogP contribution in [0, 0.1) is 0 Å². The SMILES string of the molecule is C=NC=C(C)Cl. The predicted octanol–water partition coefficient (Wildman–Crippen LogP) is 1.79. The van der Waals surface area contributed by atoms with Crippen molar-refractivity contribution < 1.29 is 0 Å². The van der Waals surface area contributed by atoms with Gasteiger partial charge < -0.3 is 0 Å². The Kier molecular flexibility index (Phi) is 2.77. The van der Waals surface area contributed by atoms with Crippen LogP contribution in [0.15, 0.2) is 16.2 Å². The van der Waals surface area contributed by atoms with Crippen molar-refractivity contribution in [3.63, 3.8) is 0 Å². The maximum absolute atomic E-state index is 5.31. The molecule has 0 fully saturated rings. The number of allylic oxidation sites excluding steroid dienone is 1. The van der Waals surface area contributed by atoms with Gasteiger partial charge in [0.25, 0.3) is 0 Å². The Morgan fingerprint density at radius 3 is 2.50 bits per heavy atom. The van der Waals surface area contributed by atoms with E-state index < -0.39 is 0 Å². The average Bonchev–Trinajstić information content (AvgIpc) is 1.35. The molecule has 0 bridgehead atoms. The second kappa shape index (κ2) is 2.91. The lowest BCUT2D eigenvalue weighted by Gasteiger charge is -1.72. The predicted molar refractivity (Wildman–Crippen MR) is 29.2 cm³/mol. The molecule has 0 aromatic carbocycles. The maximum Gasteiger partial charge on any atom is 0.0403 e. The van der Waals surface area contributed by atoms with Crippen LogP contribution in [0.4, 0.5) is 0 Å². The fourth-order valence-corrected chi connectivity index (χ4v) is 0.195. The lowest BCUT2D eigenvalue weighted by atomic mass is 10.7. The van der Waals surface area contributed by atoms with Crippen molar-refractivity contribution >= 4 is 18.3 Å². The maximum atomic E-state index is 5.31. The van der Waals surface area contributed by atoms with Crippen LogP contribution in [0.5, 0.6) is 0 Å². The van der Waals surface area contributed by atoms with Gasteiger partial charge in [-0.1, -0.05) is 11.6 Å². The van der Waals surface area contributed by atoms with Crippen molar-refractivity contribution in [2.75, 3.05) is 0 Å². The normalized spacial score (nSPS) is 11.3. The van der Waals surface area contributed by atoms with Crippen LogP contribution in [-0.4, -0.2) is 6.72 Å². The van der Waals surface area contributed by atoms with E-state index in [1.54, 1.807) is 6.92 Å². The fourth-order valence-electron chi connectivity index (χ4n) is 0.126. The van der Waals surface area contributed by atoms with Crippen LogP contribution >= 0.6 is 11.6 Å². The van der Waals surface area contributed by atoms with Gasteiger partial charge >= 0.3 is 0 Å². The van der Waals surface area contributed by atoms with Crippen LogP contribution < -0.4 is 0 Å². The van der Waals surface area contributed by atoms with Gasteiger partial charge in [-0.25, -0.2) is 0 Å².